The molecule has 0 amide bonds. The lowest BCUT2D eigenvalue weighted by molar-refractivity contribution is -0.384. The zero-order valence-corrected chi connectivity index (χ0v) is 11.8. The standard InChI is InChI=1S/C12H7ClINO3/c13-10-3-1-2-8(12(10)15(17)18)9-6-7(14)4-5-11(9)16/h1-6,16H. The van der Waals surface area contributed by atoms with Crippen LogP contribution in [0, 0.1) is 13.7 Å². The average molecular weight is 376 g/mol. The van der Waals surface area contributed by atoms with E-state index in [1.165, 1.54) is 12.1 Å². The molecule has 92 valence electrons. The second-order valence-electron chi connectivity index (χ2n) is 3.55. The van der Waals surface area contributed by atoms with Crippen LogP contribution in [0.5, 0.6) is 5.75 Å². The number of phenols is 1. The number of aromatic hydroxyl groups is 1. The second-order valence-corrected chi connectivity index (χ2v) is 5.21. The monoisotopic (exact) mass is 375 g/mol. The van der Waals surface area contributed by atoms with E-state index in [2.05, 4.69) is 22.6 Å². The molecule has 1 N–H and O–H groups in total. The Morgan fingerprint density at radius 1 is 1.22 bits per heavy atom. The first-order chi connectivity index (χ1) is 8.50. The predicted octanol–water partition coefficient (Wildman–Crippen LogP) is 4.23. The van der Waals surface area contributed by atoms with Crippen LogP contribution in [0.1, 0.15) is 0 Å². The summed E-state index contributed by atoms with van der Waals surface area (Å²) in [6.45, 7) is 0. The molecule has 0 saturated carbocycles. The van der Waals surface area contributed by atoms with Crippen molar-refractivity contribution >= 4 is 39.9 Å². The fourth-order valence-electron chi connectivity index (χ4n) is 1.64. The minimum atomic E-state index is -0.545. The SMILES string of the molecule is O=[N+]([O-])c1c(Cl)cccc1-c1cc(I)ccc1O. The van der Waals surface area contributed by atoms with Crippen molar-refractivity contribution in [1.29, 1.82) is 0 Å². The van der Waals surface area contributed by atoms with Crippen molar-refractivity contribution in [2.75, 3.05) is 0 Å². The largest absolute Gasteiger partial charge is 0.507 e. The molecule has 0 aliphatic heterocycles. The highest BCUT2D eigenvalue weighted by molar-refractivity contribution is 14.1. The summed E-state index contributed by atoms with van der Waals surface area (Å²) in [5.41, 5.74) is 0.510. The number of halogens is 2. The van der Waals surface area contributed by atoms with Crippen molar-refractivity contribution in [3.63, 3.8) is 0 Å². The third-order valence-corrected chi connectivity index (χ3v) is 3.39. The van der Waals surface area contributed by atoms with E-state index in [0.717, 1.165) is 3.57 Å². The van der Waals surface area contributed by atoms with Crippen molar-refractivity contribution < 1.29 is 10.0 Å². The summed E-state index contributed by atoms with van der Waals surface area (Å²) in [6.07, 6.45) is 0. The van der Waals surface area contributed by atoms with Crippen LogP contribution in [-0.4, -0.2) is 10.0 Å². The van der Waals surface area contributed by atoms with Crippen LogP contribution in [0.2, 0.25) is 5.02 Å². The van der Waals surface area contributed by atoms with E-state index >= 15 is 0 Å². The summed E-state index contributed by atoms with van der Waals surface area (Å²) >= 11 is 7.91. The van der Waals surface area contributed by atoms with Gasteiger partial charge in [-0.25, -0.2) is 0 Å². The topological polar surface area (TPSA) is 63.4 Å². The molecule has 0 radical (unpaired) electrons. The Morgan fingerprint density at radius 2 is 1.94 bits per heavy atom. The molecule has 0 aliphatic rings. The lowest BCUT2D eigenvalue weighted by atomic mass is 10.0. The summed E-state index contributed by atoms with van der Waals surface area (Å²) < 4.78 is 0.870. The molecule has 0 unspecified atom stereocenters. The molecule has 2 aromatic carbocycles. The maximum atomic E-state index is 11.0. The van der Waals surface area contributed by atoms with Crippen molar-refractivity contribution in [2.24, 2.45) is 0 Å². The summed E-state index contributed by atoms with van der Waals surface area (Å²) in [5, 5.41) is 20.9. The van der Waals surface area contributed by atoms with Gasteiger partial charge in [0.1, 0.15) is 10.8 Å². The Balaban J connectivity index is 2.75. The van der Waals surface area contributed by atoms with Crippen LogP contribution in [0.15, 0.2) is 36.4 Å². The van der Waals surface area contributed by atoms with Gasteiger partial charge in [0.05, 0.1) is 10.5 Å². The van der Waals surface area contributed by atoms with Gasteiger partial charge in [-0.05, 0) is 52.9 Å². The number of nitro groups is 1. The highest BCUT2D eigenvalue weighted by Crippen LogP contribution is 2.39. The van der Waals surface area contributed by atoms with Crippen molar-refractivity contribution in [3.05, 3.63) is 55.1 Å². The number of phenolic OH excluding ortho intramolecular Hbond substituents is 1. The summed E-state index contributed by atoms with van der Waals surface area (Å²) in [5.74, 6) is -0.0132. The van der Waals surface area contributed by atoms with E-state index in [1.807, 2.05) is 0 Å². The lowest BCUT2D eigenvalue weighted by Gasteiger charge is -2.07. The Hall–Kier alpha value is -1.34. The van der Waals surface area contributed by atoms with Gasteiger partial charge in [0.15, 0.2) is 0 Å². The molecule has 18 heavy (non-hydrogen) atoms. The van der Waals surface area contributed by atoms with Crippen molar-refractivity contribution in [1.82, 2.24) is 0 Å². The summed E-state index contributed by atoms with van der Waals surface area (Å²) in [4.78, 5) is 10.5. The van der Waals surface area contributed by atoms with Gasteiger partial charge < -0.3 is 5.11 Å². The quantitative estimate of drug-likeness (QED) is 0.485. The van der Waals surface area contributed by atoms with Crippen molar-refractivity contribution in [3.8, 4) is 16.9 Å². The smallest absolute Gasteiger partial charge is 0.295 e. The number of benzene rings is 2. The van der Waals surface area contributed by atoms with E-state index in [1.54, 1.807) is 24.3 Å². The van der Waals surface area contributed by atoms with E-state index < -0.39 is 4.92 Å². The molecule has 0 saturated heterocycles. The Labute approximate surface area is 122 Å². The van der Waals surface area contributed by atoms with Crippen molar-refractivity contribution in [2.45, 2.75) is 0 Å². The van der Waals surface area contributed by atoms with Gasteiger partial charge in [-0.3, -0.25) is 10.1 Å². The zero-order valence-electron chi connectivity index (χ0n) is 8.93. The first kappa shape index (κ1) is 13.1. The predicted molar refractivity (Wildman–Crippen MR) is 77.9 cm³/mol. The fraction of sp³-hybridized carbons (Fsp3) is 0. The maximum absolute atomic E-state index is 11.0. The normalized spacial score (nSPS) is 10.3. The molecule has 0 aromatic heterocycles. The summed E-state index contributed by atoms with van der Waals surface area (Å²) in [6, 6.07) is 9.53. The number of para-hydroxylation sites is 1. The van der Waals surface area contributed by atoms with Crippen LogP contribution in [0.4, 0.5) is 5.69 Å². The molecular formula is C12H7ClINO3. The highest BCUT2D eigenvalue weighted by Gasteiger charge is 2.21. The van der Waals surface area contributed by atoms with Crippen LogP contribution >= 0.6 is 34.2 Å². The Kier molecular flexibility index (Phi) is 3.72. The van der Waals surface area contributed by atoms with E-state index in [9.17, 15) is 15.2 Å². The number of rotatable bonds is 2. The van der Waals surface area contributed by atoms with E-state index in [-0.39, 0.29) is 16.5 Å². The summed E-state index contributed by atoms with van der Waals surface area (Å²) in [7, 11) is 0. The minimum absolute atomic E-state index is 0.0132. The molecular weight excluding hydrogens is 368 g/mol. The third kappa shape index (κ3) is 2.41. The highest BCUT2D eigenvalue weighted by atomic mass is 127. The first-order valence-corrected chi connectivity index (χ1v) is 6.38. The number of hydrogen-bond acceptors (Lipinski definition) is 3. The Bertz CT molecular complexity index is 631. The van der Waals surface area contributed by atoms with Gasteiger partial charge in [-0.1, -0.05) is 17.7 Å². The number of nitrogens with zero attached hydrogens (tertiary/aromatic N) is 1. The van der Waals surface area contributed by atoms with Gasteiger partial charge in [0.25, 0.3) is 5.69 Å². The molecule has 2 aromatic rings. The van der Waals surface area contributed by atoms with Crippen LogP contribution < -0.4 is 0 Å². The van der Waals surface area contributed by atoms with Gasteiger partial charge >= 0.3 is 0 Å². The maximum Gasteiger partial charge on any atom is 0.295 e. The van der Waals surface area contributed by atoms with E-state index in [4.69, 9.17) is 11.6 Å². The molecule has 0 heterocycles. The van der Waals surface area contributed by atoms with E-state index in [0.29, 0.717) is 11.1 Å². The van der Waals surface area contributed by atoms with Crippen LogP contribution in [-0.2, 0) is 0 Å². The molecule has 6 heteroatoms. The average Bonchev–Trinajstić information content (AvgIpc) is 2.31. The van der Waals surface area contributed by atoms with Gasteiger partial charge in [-0.15, -0.1) is 0 Å². The van der Waals surface area contributed by atoms with Gasteiger partial charge in [0, 0.05) is 9.13 Å². The molecule has 0 bridgehead atoms. The molecule has 0 atom stereocenters. The molecule has 4 nitrogen and oxygen atoms in total. The second kappa shape index (κ2) is 5.11. The fourth-order valence-corrected chi connectivity index (χ4v) is 2.38. The molecule has 0 spiro atoms. The third-order valence-electron chi connectivity index (χ3n) is 2.42. The lowest BCUT2D eigenvalue weighted by Crippen LogP contribution is -1.93. The number of hydrogen-bond donors (Lipinski definition) is 1. The number of nitro benzene ring substituents is 1. The Morgan fingerprint density at radius 3 is 2.61 bits per heavy atom. The molecule has 2 rings (SSSR count). The van der Waals surface area contributed by atoms with Gasteiger partial charge in [0.2, 0.25) is 0 Å². The minimum Gasteiger partial charge on any atom is -0.507 e. The molecule has 0 fully saturated rings. The van der Waals surface area contributed by atoms with Crippen LogP contribution in [0.3, 0.4) is 0 Å². The van der Waals surface area contributed by atoms with Crippen LogP contribution in [0.25, 0.3) is 11.1 Å². The van der Waals surface area contributed by atoms with Gasteiger partial charge in [-0.2, -0.15) is 0 Å². The first-order valence-electron chi connectivity index (χ1n) is 4.92. The molecule has 0 aliphatic carbocycles. The zero-order chi connectivity index (χ0) is 13.3.